The minimum Gasteiger partial charge on any atom is -0.493 e. The van der Waals surface area contributed by atoms with Gasteiger partial charge in [0.25, 0.3) is 0 Å². The van der Waals surface area contributed by atoms with Crippen molar-refractivity contribution in [2.24, 2.45) is 0 Å². The van der Waals surface area contributed by atoms with E-state index in [4.69, 9.17) is 0 Å². The summed E-state index contributed by atoms with van der Waals surface area (Å²) in [4.78, 5) is 4.95. The van der Waals surface area contributed by atoms with Gasteiger partial charge in [0.2, 0.25) is 11.8 Å². The smallest absolute Gasteiger partial charge is 0.417 e. The third kappa shape index (κ3) is 3.57. The van der Waals surface area contributed by atoms with E-state index < -0.39 is 11.7 Å². The number of anilines is 1. The Morgan fingerprint density at radius 1 is 1.04 bits per heavy atom. The van der Waals surface area contributed by atoms with E-state index in [1.807, 2.05) is 30.3 Å². The molecular formula is C17H14F3N3O2S. The first kappa shape index (κ1) is 18.0. The van der Waals surface area contributed by atoms with E-state index in [-0.39, 0.29) is 17.6 Å². The molecule has 0 amide bonds. The first-order chi connectivity index (χ1) is 12.3. The number of hydrogen-bond donors (Lipinski definition) is 3. The van der Waals surface area contributed by atoms with Crippen molar-refractivity contribution >= 4 is 17.6 Å². The van der Waals surface area contributed by atoms with Gasteiger partial charge in [0.1, 0.15) is 5.82 Å². The van der Waals surface area contributed by atoms with Crippen molar-refractivity contribution in [3.63, 3.8) is 0 Å². The Balaban J connectivity index is 1.88. The molecule has 0 spiro atoms. The van der Waals surface area contributed by atoms with E-state index in [1.54, 1.807) is 6.92 Å². The molecular weight excluding hydrogens is 367 g/mol. The number of nitrogens with zero attached hydrogens (tertiary/aromatic N) is 2. The first-order valence-corrected chi connectivity index (χ1v) is 8.25. The van der Waals surface area contributed by atoms with Crippen LogP contribution in [0.2, 0.25) is 0 Å². The molecule has 0 saturated heterocycles. The number of nitrogens with one attached hydrogen (secondary N) is 1. The second-order valence-corrected chi connectivity index (χ2v) is 6.48. The van der Waals surface area contributed by atoms with Crippen LogP contribution in [0, 0.1) is 6.92 Å². The van der Waals surface area contributed by atoms with Gasteiger partial charge in [-0.05, 0) is 31.2 Å². The SMILES string of the molecule is Cc1c(Sc2ccccc2)c(O)n(Nc2ccc(C(F)(F)F)cn2)c1O. The van der Waals surface area contributed by atoms with Crippen molar-refractivity contribution in [2.45, 2.75) is 22.9 Å². The molecule has 0 atom stereocenters. The zero-order valence-electron chi connectivity index (χ0n) is 13.4. The molecule has 136 valence electrons. The van der Waals surface area contributed by atoms with Gasteiger partial charge in [0.15, 0.2) is 0 Å². The van der Waals surface area contributed by atoms with Gasteiger partial charge in [0, 0.05) is 16.7 Å². The highest BCUT2D eigenvalue weighted by Crippen LogP contribution is 2.42. The van der Waals surface area contributed by atoms with Gasteiger partial charge < -0.3 is 10.2 Å². The number of rotatable bonds is 4. The van der Waals surface area contributed by atoms with E-state index in [2.05, 4.69) is 10.4 Å². The molecule has 0 aliphatic rings. The number of aromatic hydroxyl groups is 2. The summed E-state index contributed by atoms with van der Waals surface area (Å²) in [5.41, 5.74) is 2.13. The Morgan fingerprint density at radius 2 is 1.73 bits per heavy atom. The summed E-state index contributed by atoms with van der Waals surface area (Å²) in [6, 6.07) is 11.2. The van der Waals surface area contributed by atoms with Crippen LogP contribution in [0.25, 0.3) is 0 Å². The molecule has 0 saturated carbocycles. The summed E-state index contributed by atoms with van der Waals surface area (Å²) in [5.74, 6) is -0.493. The molecule has 0 fully saturated rings. The van der Waals surface area contributed by atoms with Crippen LogP contribution in [0.3, 0.4) is 0 Å². The summed E-state index contributed by atoms with van der Waals surface area (Å²) in [5, 5.41) is 20.7. The summed E-state index contributed by atoms with van der Waals surface area (Å²) in [7, 11) is 0. The lowest BCUT2D eigenvalue weighted by Gasteiger charge is -2.11. The largest absolute Gasteiger partial charge is 0.493 e. The molecule has 9 heteroatoms. The molecule has 3 aromatic rings. The third-order valence-corrected chi connectivity index (χ3v) is 4.78. The fourth-order valence-corrected chi connectivity index (χ4v) is 3.17. The molecule has 0 unspecified atom stereocenters. The molecule has 3 N–H and O–H groups in total. The van der Waals surface area contributed by atoms with Crippen LogP contribution in [0.4, 0.5) is 19.0 Å². The average molecular weight is 381 g/mol. The molecule has 0 aliphatic carbocycles. The van der Waals surface area contributed by atoms with Gasteiger partial charge in [-0.2, -0.15) is 17.8 Å². The number of hydrogen-bond acceptors (Lipinski definition) is 5. The minimum absolute atomic E-state index is 0.0369. The van der Waals surface area contributed by atoms with Crippen molar-refractivity contribution in [3.05, 3.63) is 59.8 Å². The van der Waals surface area contributed by atoms with Gasteiger partial charge in [-0.1, -0.05) is 30.0 Å². The molecule has 5 nitrogen and oxygen atoms in total. The lowest BCUT2D eigenvalue weighted by Crippen LogP contribution is -2.11. The van der Waals surface area contributed by atoms with Crippen LogP contribution in [-0.2, 0) is 6.18 Å². The minimum atomic E-state index is -4.49. The fraction of sp³-hybridized carbons (Fsp3) is 0.118. The Labute approximate surface area is 151 Å². The molecule has 26 heavy (non-hydrogen) atoms. The van der Waals surface area contributed by atoms with Crippen molar-refractivity contribution < 1.29 is 23.4 Å². The van der Waals surface area contributed by atoms with Crippen LogP contribution >= 0.6 is 11.8 Å². The topological polar surface area (TPSA) is 70.3 Å². The number of benzene rings is 1. The number of aromatic nitrogens is 2. The van der Waals surface area contributed by atoms with Crippen LogP contribution in [0.5, 0.6) is 11.8 Å². The highest BCUT2D eigenvalue weighted by Gasteiger charge is 2.30. The maximum atomic E-state index is 12.6. The normalized spacial score (nSPS) is 11.5. The quantitative estimate of drug-likeness (QED) is 0.614. The lowest BCUT2D eigenvalue weighted by molar-refractivity contribution is -0.137. The highest BCUT2D eigenvalue weighted by molar-refractivity contribution is 7.99. The zero-order chi connectivity index (χ0) is 18.9. The zero-order valence-corrected chi connectivity index (χ0v) is 14.3. The molecule has 2 heterocycles. The Kier molecular flexibility index (Phi) is 4.73. The van der Waals surface area contributed by atoms with Crippen LogP contribution in [-0.4, -0.2) is 19.9 Å². The van der Waals surface area contributed by atoms with Crippen molar-refractivity contribution in [1.29, 1.82) is 0 Å². The molecule has 3 rings (SSSR count). The Bertz CT molecular complexity index is 910. The monoisotopic (exact) mass is 381 g/mol. The highest BCUT2D eigenvalue weighted by atomic mass is 32.2. The number of pyridine rings is 1. The van der Waals surface area contributed by atoms with Crippen molar-refractivity contribution in [2.75, 3.05) is 5.43 Å². The van der Waals surface area contributed by atoms with Crippen LogP contribution in [0.1, 0.15) is 11.1 Å². The molecule has 0 radical (unpaired) electrons. The van der Waals surface area contributed by atoms with Gasteiger partial charge >= 0.3 is 6.18 Å². The molecule has 1 aromatic carbocycles. The Morgan fingerprint density at radius 3 is 2.31 bits per heavy atom. The van der Waals surface area contributed by atoms with Gasteiger partial charge in [0.05, 0.1) is 10.5 Å². The molecule has 2 aromatic heterocycles. The second-order valence-electron chi connectivity index (χ2n) is 5.39. The van der Waals surface area contributed by atoms with Crippen LogP contribution in [0.15, 0.2) is 58.5 Å². The summed E-state index contributed by atoms with van der Waals surface area (Å²) < 4.78 is 38.7. The first-order valence-electron chi connectivity index (χ1n) is 7.44. The fourth-order valence-electron chi connectivity index (χ4n) is 2.22. The lowest BCUT2D eigenvalue weighted by atomic mass is 10.3. The molecule has 0 aliphatic heterocycles. The number of halogens is 3. The predicted molar refractivity (Wildman–Crippen MR) is 91.3 cm³/mol. The van der Waals surface area contributed by atoms with Crippen molar-refractivity contribution in [1.82, 2.24) is 9.66 Å². The van der Waals surface area contributed by atoms with E-state index in [1.165, 1.54) is 11.8 Å². The van der Waals surface area contributed by atoms with Gasteiger partial charge in [-0.25, -0.2) is 4.98 Å². The third-order valence-electron chi connectivity index (χ3n) is 3.58. The Hall–Kier alpha value is -2.81. The van der Waals surface area contributed by atoms with Gasteiger partial charge in [-0.3, -0.25) is 5.43 Å². The van der Waals surface area contributed by atoms with Crippen LogP contribution < -0.4 is 5.43 Å². The maximum Gasteiger partial charge on any atom is 0.417 e. The summed E-state index contributed by atoms with van der Waals surface area (Å²) >= 11 is 1.25. The second kappa shape index (κ2) is 6.83. The summed E-state index contributed by atoms with van der Waals surface area (Å²) in [6.07, 6.45) is -3.81. The van der Waals surface area contributed by atoms with E-state index >= 15 is 0 Å². The molecule has 0 bridgehead atoms. The van der Waals surface area contributed by atoms with E-state index in [9.17, 15) is 23.4 Å². The van der Waals surface area contributed by atoms with E-state index in [0.29, 0.717) is 16.7 Å². The van der Waals surface area contributed by atoms with Crippen molar-refractivity contribution in [3.8, 4) is 11.8 Å². The number of alkyl halides is 3. The summed E-state index contributed by atoms with van der Waals surface area (Å²) in [6.45, 7) is 1.62. The maximum absolute atomic E-state index is 12.6. The van der Waals surface area contributed by atoms with Gasteiger partial charge in [-0.15, -0.1) is 0 Å². The average Bonchev–Trinajstić information content (AvgIpc) is 2.80. The van der Waals surface area contributed by atoms with E-state index in [0.717, 1.165) is 21.7 Å². The predicted octanol–water partition coefficient (Wildman–Crippen LogP) is 4.65. The standard InChI is InChI=1S/C17H14F3N3O2S/c1-10-14(26-12-5-3-2-4-6-12)16(25)23(15(10)24)22-13-8-7-11(9-21-13)17(18,19)20/h2-9,24-25H,1H3,(H,21,22).